The van der Waals surface area contributed by atoms with E-state index >= 15 is 0 Å². The molecule has 4 rings (SSSR count). The number of carbonyl (C=O) groups is 1. The summed E-state index contributed by atoms with van der Waals surface area (Å²) in [6.07, 6.45) is 4.55. The van der Waals surface area contributed by atoms with Gasteiger partial charge in [0, 0.05) is 16.4 Å². The number of halogens is 1. The molecule has 1 N–H and O–H groups in total. The third-order valence-electron chi connectivity index (χ3n) is 4.03. The number of hydrogen-bond donors (Lipinski definition) is 1. The number of aromatic nitrogens is 4. The van der Waals surface area contributed by atoms with Gasteiger partial charge in [-0.05, 0) is 52.9 Å². The Balaban J connectivity index is 1.62. The van der Waals surface area contributed by atoms with Crippen molar-refractivity contribution in [2.75, 3.05) is 0 Å². The first-order valence-corrected chi connectivity index (χ1v) is 8.82. The summed E-state index contributed by atoms with van der Waals surface area (Å²) in [5.74, 6) is -0.0973. The number of hydrogen-bond acceptors (Lipinski definition) is 5. The second kappa shape index (κ2) is 6.33. The monoisotopic (exact) mass is 359 g/mol. The fourth-order valence-corrected chi connectivity index (χ4v) is 4.47. The van der Waals surface area contributed by atoms with Crippen LogP contribution in [0.1, 0.15) is 32.8 Å². The average Bonchev–Trinajstić information content (AvgIpc) is 3.28. The van der Waals surface area contributed by atoms with E-state index in [1.807, 2.05) is 24.3 Å². The number of nitrogens with one attached hydrogen (secondary N) is 1. The summed E-state index contributed by atoms with van der Waals surface area (Å²) in [5.41, 5.74) is 2.79. The molecule has 0 fully saturated rings. The fraction of sp³-hybridized carbons (Fsp3) is 0.250. The zero-order chi connectivity index (χ0) is 16.5. The van der Waals surface area contributed by atoms with Crippen LogP contribution in [0.3, 0.4) is 0 Å². The van der Waals surface area contributed by atoms with Crippen LogP contribution in [0, 0.1) is 0 Å². The van der Waals surface area contributed by atoms with E-state index in [-0.39, 0.29) is 5.91 Å². The standard InChI is InChI=1S/C16H14ClN5OS/c17-11-4-1-3-10(7-11)8-18-15(23)14-12-5-2-6-13(12)24-16(14)22-9-19-20-21-22/h1,3-4,7,9H,2,5-6,8H2,(H,18,23). The van der Waals surface area contributed by atoms with Crippen LogP contribution in [0.5, 0.6) is 0 Å². The maximum atomic E-state index is 12.8. The molecule has 0 aliphatic heterocycles. The van der Waals surface area contributed by atoms with Gasteiger partial charge in [0.05, 0.1) is 5.56 Å². The van der Waals surface area contributed by atoms with Crippen LogP contribution in [0.2, 0.25) is 5.02 Å². The number of tetrazole rings is 1. The largest absolute Gasteiger partial charge is 0.348 e. The van der Waals surface area contributed by atoms with E-state index in [4.69, 9.17) is 11.6 Å². The Morgan fingerprint density at radius 3 is 3.08 bits per heavy atom. The molecule has 0 unspecified atom stereocenters. The third kappa shape index (κ3) is 2.81. The Morgan fingerprint density at radius 2 is 2.29 bits per heavy atom. The van der Waals surface area contributed by atoms with Crippen molar-refractivity contribution in [3.8, 4) is 5.00 Å². The minimum absolute atomic E-state index is 0.0973. The minimum Gasteiger partial charge on any atom is -0.348 e. The van der Waals surface area contributed by atoms with E-state index < -0.39 is 0 Å². The van der Waals surface area contributed by atoms with E-state index in [2.05, 4.69) is 20.8 Å². The molecular weight excluding hydrogens is 346 g/mol. The number of nitrogens with zero attached hydrogens (tertiary/aromatic N) is 4. The molecule has 2 aromatic heterocycles. The van der Waals surface area contributed by atoms with E-state index in [1.54, 1.807) is 16.0 Å². The number of rotatable bonds is 4. The van der Waals surface area contributed by atoms with Crippen molar-refractivity contribution in [1.29, 1.82) is 0 Å². The molecule has 2 heterocycles. The summed E-state index contributed by atoms with van der Waals surface area (Å²) in [4.78, 5) is 14.1. The first-order chi connectivity index (χ1) is 11.7. The number of carbonyl (C=O) groups excluding carboxylic acids is 1. The molecule has 24 heavy (non-hydrogen) atoms. The molecule has 8 heteroatoms. The normalized spacial score (nSPS) is 13.0. The molecule has 3 aromatic rings. The highest BCUT2D eigenvalue weighted by Crippen LogP contribution is 2.37. The molecule has 0 bridgehead atoms. The first kappa shape index (κ1) is 15.3. The van der Waals surface area contributed by atoms with E-state index in [1.165, 1.54) is 11.2 Å². The Bertz CT molecular complexity index is 890. The van der Waals surface area contributed by atoms with Gasteiger partial charge in [-0.25, -0.2) is 0 Å². The third-order valence-corrected chi connectivity index (χ3v) is 5.55. The molecule has 0 spiro atoms. The van der Waals surface area contributed by atoms with Gasteiger partial charge in [0.2, 0.25) is 0 Å². The van der Waals surface area contributed by atoms with Gasteiger partial charge < -0.3 is 5.32 Å². The maximum absolute atomic E-state index is 12.8. The molecule has 6 nitrogen and oxygen atoms in total. The second-order valence-corrected chi connectivity index (χ2v) is 7.12. The zero-order valence-electron chi connectivity index (χ0n) is 12.7. The molecule has 0 atom stereocenters. The Kier molecular flexibility index (Phi) is 4.03. The molecule has 122 valence electrons. The SMILES string of the molecule is O=C(NCc1cccc(Cl)c1)c1c(-n2cnnn2)sc2c1CCC2. The van der Waals surface area contributed by atoms with Crippen LogP contribution < -0.4 is 5.32 Å². The Morgan fingerprint density at radius 1 is 1.38 bits per heavy atom. The maximum Gasteiger partial charge on any atom is 0.254 e. The van der Waals surface area contributed by atoms with Crippen LogP contribution >= 0.6 is 22.9 Å². The average molecular weight is 360 g/mol. The Labute approximate surface area is 147 Å². The van der Waals surface area contributed by atoms with E-state index in [0.717, 1.165) is 35.4 Å². The molecule has 0 saturated heterocycles. The van der Waals surface area contributed by atoms with Gasteiger partial charge in [0.15, 0.2) is 0 Å². The number of aryl methyl sites for hydroxylation is 1. The van der Waals surface area contributed by atoms with Gasteiger partial charge in [0.1, 0.15) is 11.3 Å². The summed E-state index contributed by atoms with van der Waals surface area (Å²) in [5, 5.41) is 15.7. The zero-order valence-corrected chi connectivity index (χ0v) is 14.3. The molecule has 1 amide bonds. The lowest BCUT2D eigenvalue weighted by Crippen LogP contribution is -2.24. The molecule has 0 radical (unpaired) electrons. The van der Waals surface area contributed by atoms with Crippen LogP contribution in [-0.4, -0.2) is 26.1 Å². The highest BCUT2D eigenvalue weighted by molar-refractivity contribution is 7.15. The fourth-order valence-electron chi connectivity index (χ4n) is 2.96. The van der Waals surface area contributed by atoms with Crippen molar-refractivity contribution < 1.29 is 4.79 Å². The number of fused-ring (bicyclic) bond motifs is 1. The molecule has 1 aliphatic rings. The highest BCUT2D eigenvalue weighted by atomic mass is 35.5. The van der Waals surface area contributed by atoms with E-state index in [0.29, 0.717) is 17.1 Å². The van der Waals surface area contributed by atoms with Crippen molar-refractivity contribution in [3.63, 3.8) is 0 Å². The van der Waals surface area contributed by atoms with Crippen molar-refractivity contribution in [2.24, 2.45) is 0 Å². The Hall–Kier alpha value is -2.25. The molecule has 0 saturated carbocycles. The van der Waals surface area contributed by atoms with Crippen molar-refractivity contribution in [1.82, 2.24) is 25.5 Å². The predicted molar refractivity (Wildman–Crippen MR) is 91.7 cm³/mol. The number of benzene rings is 1. The van der Waals surface area contributed by atoms with Crippen molar-refractivity contribution in [3.05, 3.63) is 57.2 Å². The second-order valence-electron chi connectivity index (χ2n) is 5.60. The summed E-state index contributed by atoms with van der Waals surface area (Å²) in [7, 11) is 0. The minimum atomic E-state index is -0.0973. The van der Waals surface area contributed by atoms with Gasteiger partial charge in [-0.3, -0.25) is 4.79 Å². The van der Waals surface area contributed by atoms with Crippen molar-refractivity contribution >= 4 is 28.8 Å². The smallest absolute Gasteiger partial charge is 0.254 e. The number of thiophene rings is 1. The molecule has 1 aliphatic carbocycles. The first-order valence-electron chi connectivity index (χ1n) is 7.63. The number of amides is 1. The summed E-state index contributed by atoms with van der Waals surface area (Å²) in [6.45, 7) is 0.430. The van der Waals surface area contributed by atoms with Gasteiger partial charge in [-0.2, -0.15) is 4.68 Å². The van der Waals surface area contributed by atoms with Crippen LogP contribution in [0.4, 0.5) is 0 Å². The topological polar surface area (TPSA) is 72.7 Å². The lowest BCUT2D eigenvalue weighted by atomic mass is 10.1. The summed E-state index contributed by atoms with van der Waals surface area (Å²) < 4.78 is 1.57. The highest BCUT2D eigenvalue weighted by Gasteiger charge is 2.27. The molecule has 1 aromatic carbocycles. The molecular formula is C16H14ClN5OS. The van der Waals surface area contributed by atoms with Gasteiger partial charge in [0.25, 0.3) is 5.91 Å². The summed E-state index contributed by atoms with van der Waals surface area (Å²) >= 11 is 7.59. The van der Waals surface area contributed by atoms with E-state index in [9.17, 15) is 4.79 Å². The lowest BCUT2D eigenvalue weighted by molar-refractivity contribution is 0.0950. The lowest BCUT2D eigenvalue weighted by Gasteiger charge is -2.08. The van der Waals surface area contributed by atoms with Gasteiger partial charge >= 0.3 is 0 Å². The van der Waals surface area contributed by atoms with Crippen LogP contribution in [0.15, 0.2) is 30.6 Å². The van der Waals surface area contributed by atoms with Gasteiger partial charge in [-0.1, -0.05) is 23.7 Å². The predicted octanol–water partition coefficient (Wildman–Crippen LogP) is 2.80. The van der Waals surface area contributed by atoms with Gasteiger partial charge in [-0.15, -0.1) is 16.4 Å². The van der Waals surface area contributed by atoms with Crippen LogP contribution in [-0.2, 0) is 19.4 Å². The van der Waals surface area contributed by atoms with Crippen LogP contribution in [0.25, 0.3) is 5.00 Å². The summed E-state index contributed by atoms with van der Waals surface area (Å²) in [6, 6.07) is 7.47. The van der Waals surface area contributed by atoms with Crippen molar-refractivity contribution in [2.45, 2.75) is 25.8 Å². The quantitative estimate of drug-likeness (QED) is 0.777.